The number of nitriles is 1. The highest BCUT2D eigenvalue weighted by Gasteiger charge is 2.05. The van der Waals surface area contributed by atoms with Gasteiger partial charge in [0.25, 0.3) is 5.13 Å². The lowest BCUT2D eigenvalue weighted by Crippen LogP contribution is -2.23. The van der Waals surface area contributed by atoms with Crippen LogP contribution in [0, 0.1) is 11.3 Å². The molecular weight excluding hydrogens is 340 g/mol. The molecule has 2 aromatic rings. The average molecular weight is 361 g/mol. The molecule has 0 fully saturated rings. The Labute approximate surface area is 150 Å². The van der Waals surface area contributed by atoms with Gasteiger partial charge in [0, 0.05) is 24.5 Å². The zero-order chi connectivity index (χ0) is 17.2. The molecule has 0 unspecified atom stereocenters. The number of thioether (sulfide) groups is 1. The van der Waals surface area contributed by atoms with Crippen molar-refractivity contribution in [3.05, 3.63) is 24.3 Å². The Kier molecular flexibility index (Phi) is 7.65. The van der Waals surface area contributed by atoms with E-state index in [1.165, 1.54) is 11.3 Å². The van der Waals surface area contributed by atoms with Crippen molar-refractivity contribution in [3.8, 4) is 6.07 Å². The third-order valence-electron chi connectivity index (χ3n) is 3.17. The van der Waals surface area contributed by atoms with Crippen LogP contribution in [0.2, 0.25) is 0 Å². The van der Waals surface area contributed by atoms with Crippen molar-refractivity contribution in [3.63, 3.8) is 0 Å². The van der Waals surface area contributed by atoms with Crippen molar-refractivity contribution in [2.45, 2.75) is 31.0 Å². The van der Waals surface area contributed by atoms with Crippen LogP contribution in [0.5, 0.6) is 0 Å². The van der Waals surface area contributed by atoms with Crippen molar-refractivity contribution in [2.24, 2.45) is 10.2 Å². The highest BCUT2D eigenvalue weighted by atomic mass is 32.2. The lowest BCUT2D eigenvalue weighted by Gasteiger charge is -2.21. The van der Waals surface area contributed by atoms with E-state index in [1.807, 2.05) is 24.3 Å². The summed E-state index contributed by atoms with van der Waals surface area (Å²) in [7, 11) is 0. The number of hydrogen-bond acceptors (Lipinski definition) is 8. The first-order valence-corrected chi connectivity index (χ1v) is 9.67. The van der Waals surface area contributed by atoms with E-state index in [0.717, 1.165) is 41.0 Å². The first-order valence-electron chi connectivity index (χ1n) is 7.86. The van der Waals surface area contributed by atoms with E-state index in [-0.39, 0.29) is 0 Å². The van der Waals surface area contributed by atoms with Gasteiger partial charge in [0.15, 0.2) is 4.34 Å². The SMILES string of the molecule is CCCSc1nnc(N=Nc2ccc(N(CC)CCC#N)cc2)s1. The molecule has 24 heavy (non-hydrogen) atoms. The van der Waals surface area contributed by atoms with Crippen molar-refractivity contribution in [2.75, 3.05) is 23.7 Å². The molecule has 1 aromatic heterocycles. The van der Waals surface area contributed by atoms with Gasteiger partial charge in [-0.1, -0.05) is 30.0 Å². The van der Waals surface area contributed by atoms with Crippen LogP contribution in [0.4, 0.5) is 16.5 Å². The molecule has 2 rings (SSSR count). The molecule has 0 N–H and O–H groups in total. The van der Waals surface area contributed by atoms with Crippen LogP contribution in [0.15, 0.2) is 38.8 Å². The van der Waals surface area contributed by atoms with Gasteiger partial charge < -0.3 is 4.90 Å². The fraction of sp³-hybridized carbons (Fsp3) is 0.438. The number of benzene rings is 1. The van der Waals surface area contributed by atoms with Crippen LogP contribution in [-0.4, -0.2) is 29.0 Å². The quantitative estimate of drug-likeness (QED) is 0.454. The van der Waals surface area contributed by atoms with Gasteiger partial charge in [0.2, 0.25) is 0 Å². The van der Waals surface area contributed by atoms with Crippen LogP contribution in [0.1, 0.15) is 26.7 Å². The average Bonchev–Trinajstić information content (AvgIpc) is 3.07. The zero-order valence-electron chi connectivity index (χ0n) is 13.8. The van der Waals surface area contributed by atoms with Crippen LogP contribution in [0.25, 0.3) is 0 Å². The molecule has 0 saturated heterocycles. The van der Waals surface area contributed by atoms with Gasteiger partial charge in [-0.15, -0.1) is 20.4 Å². The molecule has 0 atom stereocenters. The predicted octanol–water partition coefficient (Wildman–Crippen LogP) is 5.20. The second-order valence-electron chi connectivity index (χ2n) is 4.90. The first-order chi connectivity index (χ1) is 11.8. The summed E-state index contributed by atoms with van der Waals surface area (Å²) in [6, 6.07) is 10.0. The van der Waals surface area contributed by atoms with Gasteiger partial charge in [0.1, 0.15) is 0 Å². The van der Waals surface area contributed by atoms with Gasteiger partial charge >= 0.3 is 0 Å². The Morgan fingerprint density at radius 2 is 2.00 bits per heavy atom. The second-order valence-corrected chi connectivity index (χ2v) is 7.20. The maximum atomic E-state index is 8.71. The van der Waals surface area contributed by atoms with Crippen molar-refractivity contribution < 1.29 is 0 Å². The molecule has 0 radical (unpaired) electrons. The van der Waals surface area contributed by atoms with Crippen LogP contribution in [-0.2, 0) is 0 Å². The lowest BCUT2D eigenvalue weighted by molar-refractivity contribution is 0.827. The van der Waals surface area contributed by atoms with Crippen molar-refractivity contribution >= 4 is 39.6 Å². The summed E-state index contributed by atoms with van der Waals surface area (Å²) in [5.74, 6) is 1.03. The highest BCUT2D eigenvalue weighted by Crippen LogP contribution is 2.29. The minimum Gasteiger partial charge on any atom is -0.371 e. The minimum absolute atomic E-state index is 0.519. The predicted molar refractivity (Wildman–Crippen MR) is 99.7 cm³/mol. The molecule has 0 amide bonds. The summed E-state index contributed by atoms with van der Waals surface area (Å²) in [6.07, 6.45) is 1.63. The summed E-state index contributed by atoms with van der Waals surface area (Å²) in [6.45, 7) is 5.81. The van der Waals surface area contributed by atoms with E-state index >= 15 is 0 Å². The monoisotopic (exact) mass is 360 g/mol. The van der Waals surface area contributed by atoms with Crippen molar-refractivity contribution in [1.29, 1.82) is 5.26 Å². The van der Waals surface area contributed by atoms with Gasteiger partial charge in [-0.2, -0.15) is 5.26 Å². The Bertz CT molecular complexity index is 689. The number of nitrogens with zero attached hydrogens (tertiary/aromatic N) is 6. The lowest BCUT2D eigenvalue weighted by atomic mass is 10.2. The van der Waals surface area contributed by atoms with Crippen LogP contribution in [0.3, 0.4) is 0 Å². The number of rotatable bonds is 9. The molecule has 0 bridgehead atoms. The van der Waals surface area contributed by atoms with E-state index in [0.29, 0.717) is 11.6 Å². The minimum atomic E-state index is 0.519. The molecule has 6 nitrogen and oxygen atoms in total. The molecule has 0 spiro atoms. The Balaban J connectivity index is 1.97. The normalized spacial score (nSPS) is 10.9. The third kappa shape index (κ3) is 5.58. The van der Waals surface area contributed by atoms with E-state index in [4.69, 9.17) is 5.26 Å². The molecule has 0 aliphatic rings. The van der Waals surface area contributed by atoms with Crippen LogP contribution < -0.4 is 4.90 Å². The highest BCUT2D eigenvalue weighted by molar-refractivity contribution is 8.01. The molecule has 0 saturated carbocycles. The van der Waals surface area contributed by atoms with Gasteiger partial charge in [-0.25, -0.2) is 0 Å². The Morgan fingerprint density at radius 1 is 1.21 bits per heavy atom. The number of azo groups is 1. The van der Waals surface area contributed by atoms with Gasteiger partial charge in [-0.05, 0) is 37.6 Å². The molecule has 1 aromatic carbocycles. The zero-order valence-corrected chi connectivity index (χ0v) is 15.5. The summed E-state index contributed by atoms with van der Waals surface area (Å²) in [4.78, 5) is 2.16. The molecule has 0 aliphatic heterocycles. The maximum Gasteiger partial charge on any atom is 0.252 e. The van der Waals surface area contributed by atoms with Gasteiger partial charge in [0.05, 0.1) is 18.2 Å². The standard InChI is InChI=1S/C16H20N6S2/c1-3-12-23-16-21-20-15(24-16)19-18-13-6-8-14(9-7-13)22(4-2)11-5-10-17/h6-9H,3-5,11-12H2,1-2H3. The summed E-state index contributed by atoms with van der Waals surface area (Å²) >= 11 is 3.15. The third-order valence-corrected chi connectivity index (χ3v) is 5.31. The largest absolute Gasteiger partial charge is 0.371 e. The van der Waals surface area contributed by atoms with E-state index in [9.17, 15) is 0 Å². The molecule has 1 heterocycles. The van der Waals surface area contributed by atoms with Crippen LogP contribution >= 0.6 is 23.1 Å². The molecule has 0 aliphatic carbocycles. The van der Waals surface area contributed by atoms with Gasteiger partial charge in [-0.3, -0.25) is 0 Å². The van der Waals surface area contributed by atoms with E-state index in [2.05, 4.69) is 45.2 Å². The summed E-state index contributed by atoms with van der Waals surface area (Å²) < 4.78 is 0.928. The molecule has 126 valence electrons. The number of anilines is 1. The van der Waals surface area contributed by atoms with Crippen molar-refractivity contribution in [1.82, 2.24) is 10.2 Å². The fourth-order valence-electron chi connectivity index (χ4n) is 1.98. The second kappa shape index (κ2) is 10.0. The smallest absolute Gasteiger partial charge is 0.252 e. The fourth-order valence-corrected chi connectivity index (χ4v) is 3.56. The Morgan fingerprint density at radius 3 is 2.67 bits per heavy atom. The summed E-state index contributed by atoms with van der Waals surface area (Å²) in [5.41, 5.74) is 1.86. The first kappa shape index (κ1) is 18.4. The number of hydrogen-bond donors (Lipinski definition) is 0. The summed E-state index contributed by atoms with van der Waals surface area (Å²) in [5, 5.41) is 25.8. The molecular formula is C16H20N6S2. The Hall–Kier alpha value is -1.98. The topological polar surface area (TPSA) is 77.5 Å². The van der Waals surface area contributed by atoms with E-state index in [1.54, 1.807) is 11.8 Å². The van der Waals surface area contributed by atoms with E-state index < -0.39 is 0 Å². The molecule has 8 heteroatoms. The number of aromatic nitrogens is 2. The maximum absolute atomic E-state index is 8.71.